The molecule has 3 rings (SSSR count). The third-order valence-electron chi connectivity index (χ3n) is 2.78. The van der Waals surface area contributed by atoms with Gasteiger partial charge in [-0.1, -0.05) is 29.8 Å². The van der Waals surface area contributed by atoms with Crippen LogP contribution in [0.1, 0.15) is 5.56 Å². The second kappa shape index (κ2) is 3.76. The Morgan fingerprint density at radius 2 is 1.94 bits per heavy atom. The maximum atomic E-state index is 5.73. The number of rotatable bonds is 1. The van der Waals surface area contributed by atoms with Gasteiger partial charge in [-0.05, 0) is 30.2 Å². The molecule has 4 heteroatoms. The molecule has 0 saturated carbocycles. The van der Waals surface area contributed by atoms with E-state index >= 15 is 0 Å². The third-order valence-corrected chi connectivity index (χ3v) is 2.98. The average Bonchev–Trinajstić information content (AvgIpc) is 2.74. The molecule has 0 fully saturated rings. The number of fused-ring (bicyclic) bond motifs is 1. The summed E-state index contributed by atoms with van der Waals surface area (Å²) < 4.78 is 0. The van der Waals surface area contributed by atoms with Crippen molar-refractivity contribution in [1.82, 2.24) is 10.2 Å². The fraction of sp³-hybridized carbons (Fsp3) is 0.167. The molecule has 1 aliphatic rings. The molecule has 1 aliphatic heterocycles. The summed E-state index contributed by atoms with van der Waals surface area (Å²) in [5, 5.41) is 8.40. The zero-order valence-corrected chi connectivity index (χ0v) is 9.35. The van der Waals surface area contributed by atoms with Gasteiger partial charge in [-0.15, -0.1) is 10.2 Å². The molecule has 0 aliphatic carbocycles. The van der Waals surface area contributed by atoms with Crippen molar-refractivity contribution in [2.75, 3.05) is 11.4 Å². The Hall–Kier alpha value is -1.61. The molecule has 0 saturated heterocycles. The molecule has 0 bridgehead atoms. The Labute approximate surface area is 98.7 Å². The molecule has 1 aromatic heterocycles. The lowest BCUT2D eigenvalue weighted by Crippen LogP contribution is -2.15. The van der Waals surface area contributed by atoms with Crippen molar-refractivity contribution in [3.05, 3.63) is 47.1 Å². The standard InChI is InChI=1S/C12H10ClN3/c13-11-5-6-12(15-14-11)16-8-7-9-3-1-2-4-10(9)16/h1-6H,7-8H2. The van der Waals surface area contributed by atoms with Crippen LogP contribution >= 0.6 is 11.6 Å². The van der Waals surface area contributed by atoms with Crippen LogP contribution in [0.3, 0.4) is 0 Å². The summed E-state index contributed by atoms with van der Waals surface area (Å²) >= 11 is 5.73. The van der Waals surface area contributed by atoms with Crippen molar-refractivity contribution in [1.29, 1.82) is 0 Å². The summed E-state index contributed by atoms with van der Waals surface area (Å²) in [5.74, 6) is 0.856. The lowest BCUT2D eigenvalue weighted by atomic mass is 10.2. The lowest BCUT2D eigenvalue weighted by molar-refractivity contribution is 0.928. The molecular formula is C12H10ClN3. The SMILES string of the molecule is Clc1ccc(N2CCc3ccccc32)nn1. The average molecular weight is 232 g/mol. The van der Waals surface area contributed by atoms with Gasteiger partial charge in [0, 0.05) is 12.2 Å². The van der Waals surface area contributed by atoms with Crippen LogP contribution in [-0.4, -0.2) is 16.7 Å². The Morgan fingerprint density at radius 3 is 2.75 bits per heavy atom. The van der Waals surface area contributed by atoms with Gasteiger partial charge in [0.2, 0.25) is 0 Å². The number of anilines is 2. The highest BCUT2D eigenvalue weighted by atomic mass is 35.5. The summed E-state index contributed by atoms with van der Waals surface area (Å²) in [6.45, 7) is 0.954. The van der Waals surface area contributed by atoms with E-state index in [2.05, 4.69) is 33.3 Å². The molecule has 0 radical (unpaired) electrons. The van der Waals surface area contributed by atoms with Crippen molar-refractivity contribution in [2.45, 2.75) is 6.42 Å². The number of nitrogens with zero attached hydrogens (tertiary/aromatic N) is 3. The summed E-state index contributed by atoms with van der Waals surface area (Å²) in [6, 6.07) is 12.0. The smallest absolute Gasteiger partial charge is 0.155 e. The topological polar surface area (TPSA) is 29.0 Å². The van der Waals surface area contributed by atoms with Crippen molar-refractivity contribution < 1.29 is 0 Å². The van der Waals surface area contributed by atoms with E-state index in [1.807, 2.05) is 12.1 Å². The first-order valence-corrected chi connectivity index (χ1v) is 5.57. The first-order valence-electron chi connectivity index (χ1n) is 5.19. The number of aromatic nitrogens is 2. The van der Waals surface area contributed by atoms with Gasteiger partial charge < -0.3 is 4.90 Å². The molecule has 0 atom stereocenters. The summed E-state index contributed by atoms with van der Waals surface area (Å²) in [5.41, 5.74) is 2.58. The fourth-order valence-corrected chi connectivity index (χ4v) is 2.13. The second-order valence-corrected chi connectivity index (χ2v) is 4.13. The summed E-state index contributed by atoms with van der Waals surface area (Å²) in [6.07, 6.45) is 1.06. The Morgan fingerprint density at radius 1 is 1.06 bits per heavy atom. The Kier molecular flexibility index (Phi) is 2.26. The molecule has 3 nitrogen and oxygen atoms in total. The highest BCUT2D eigenvalue weighted by molar-refractivity contribution is 6.29. The monoisotopic (exact) mass is 231 g/mol. The third kappa shape index (κ3) is 1.53. The number of benzene rings is 1. The van der Waals surface area contributed by atoms with Crippen LogP contribution in [-0.2, 0) is 6.42 Å². The normalized spacial score (nSPS) is 13.9. The largest absolute Gasteiger partial charge is 0.324 e. The first-order chi connectivity index (χ1) is 7.84. The molecular weight excluding hydrogens is 222 g/mol. The minimum absolute atomic E-state index is 0.427. The maximum absolute atomic E-state index is 5.73. The van der Waals surface area contributed by atoms with Crippen molar-refractivity contribution >= 4 is 23.1 Å². The van der Waals surface area contributed by atoms with E-state index in [1.54, 1.807) is 6.07 Å². The van der Waals surface area contributed by atoms with Crippen LogP contribution in [0.4, 0.5) is 11.5 Å². The van der Waals surface area contributed by atoms with E-state index in [-0.39, 0.29) is 0 Å². The van der Waals surface area contributed by atoms with E-state index in [1.165, 1.54) is 11.3 Å². The molecule has 0 amide bonds. The van der Waals surface area contributed by atoms with Crippen LogP contribution in [0.25, 0.3) is 0 Å². The van der Waals surface area contributed by atoms with Crippen LogP contribution < -0.4 is 4.90 Å². The highest BCUT2D eigenvalue weighted by Gasteiger charge is 2.20. The summed E-state index contributed by atoms with van der Waals surface area (Å²) in [4.78, 5) is 2.17. The van der Waals surface area contributed by atoms with E-state index in [0.717, 1.165) is 18.8 Å². The van der Waals surface area contributed by atoms with Gasteiger partial charge in [0.25, 0.3) is 0 Å². The van der Waals surface area contributed by atoms with Crippen molar-refractivity contribution in [2.24, 2.45) is 0 Å². The number of hydrogen-bond donors (Lipinski definition) is 0. The van der Waals surface area contributed by atoms with Gasteiger partial charge in [0.1, 0.15) is 0 Å². The molecule has 0 spiro atoms. The van der Waals surface area contributed by atoms with Crippen LogP contribution in [0.5, 0.6) is 0 Å². The maximum Gasteiger partial charge on any atom is 0.155 e. The molecule has 1 aromatic carbocycles. The molecule has 2 aromatic rings. The van der Waals surface area contributed by atoms with Gasteiger partial charge in [0.15, 0.2) is 11.0 Å². The van der Waals surface area contributed by atoms with Gasteiger partial charge >= 0.3 is 0 Å². The minimum atomic E-state index is 0.427. The number of hydrogen-bond acceptors (Lipinski definition) is 3. The van der Waals surface area contributed by atoms with Crippen molar-refractivity contribution in [3.8, 4) is 0 Å². The highest BCUT2D eigenvalue weighted by Crippen LogP contribution is 2.32. The van der Waals surface area contributed by atoms with Gasteiger partial charge in [-0.25, -0.2) is 0 Å². The fourth-order valence-electron chi connectivity index (χ4n) is 2.03. The second-order valence-electron chi connectivity index (χ2n) is 3.74. The number of para-hydroxylation sites is 1. The molecule has 0 unspecified atom stereocenters. The quantitative estimate of drug-likeness (QED) is 0.756. The van der Waals surface area contributed by atoms with Crippen LogP contribution in [0, 0.1) is 0 Å². The Balaban J connectivity index is 2.01. The molecule has 2 heterocycles. The predicted octanol–water partition coefficient (Wildman–Crippen LogP) is 2.82. The van der Waals surface area contributed by atoms with Crippen LogP contribution in [0.2, 0.25) is 5.15 Å². The molecule has 0 N–H and O–H groups in total. The minimum Gasteiger partial charge on any atom is -0.324 e. The van der Waals surface area contributed by atoms with Gasteiger partial charge in [0.05, 0.1) is 0 Å². The van der Waals surface area contributed by atoms with Crippen molar-refractivity contribution in [3.63, 3.8) is 0 Å². The van der Waals surface area contributed by atoms with Crippen LogP contribution in [0.15, 0.2) is 36.4 Å². The van der Waals surface area contributed by atoms with E-state index in [0.29, 0.717) is 5.15 Å². The zero-order chi connectivity index (χ0) is 11.0. The van der Waals surface area contributed by atoms with E-state index in [9.17, 15) is 0 Å². The number of halogens is 1. The molecule has 16 heavy (non-hydrogen) atoms. The molecule has 80 valence electrons. The predicted molar refractivity (Wildman–Crippen MR) is 64.2 cm³/mol. The van der Waals surface area contributed by atoms with E-state index in [4.69, 9.17) is 11.6 Å². The summed E-state index contributed by atoms with van der Waals surface area (Å²) in [7, 11) is 0. The van der Waals surface area contributed by atoms with Gasteiger partial charge in [-0.3, -0.25) is 0 Å². The zero-order valence-electron chi connectivity index (χ0n) is 8.60. The first kappa shape index (κ1) is 9.60. The van der Waals surface area contributed by atoms with Gasteiger partial charge in [-0.2, -0.15) is 0 Å². The van der Waals surface area contributed by atoms with E-state index < -0.39 is 0 Å². The Bertz CT molecular complexity index is 510. The lowest BCUT2D eigenvalue weighted by Gasteiger charge is -2.17.